The summed E-state index contributed by atoms with van der Waals surface area (Å²) < 4.78 is 13.3. The van der Waals surface area contributed by atoms with E-state index in [0.29, 0.717) is 12.1 Å². The third kappa shape index (κ3) is 5.62. The maximum absolute atomic E-state index is 13.3. The lowest BCUT2D eigenvalue weighted by atomic mass is 9.97. The van der Waals surface area contributed by atoms with Crippen LogP contribution in [0.25, 0.3) is 0 Å². The number of piperidine rings is 1. The standard InChI is InChI=1S/C22H28FN3O/c1-16-10-18(7-8-21(16)23)13-25-12-17-4-2-5-19(11-17)14-26-9-3-6-20(15-26)22(24)27/h2,4-5,7-8,10-11,20,25H,3,6,9,12-15H2,1H3,(H2,24,27). The Morgan fingerprint density at radius 1 is 1.19 bits per heavy atom. The van der Waals surface area contributed by atoms with Crippen molar-refractivity contribution < 1.29 is 9.18 Å². The Morgan fingerprint density at radius 2 is 1.93 bits per heavy atom. The summed E-state index contributed by atoms with van der Waals surface area (Å²) in [4.78, 5) is 13.8. The molecule has 3 N–H and O–H groups in total. The van der Waals surface area contributed by atoms with Crippen LogP contribution in [0.1, 0.15) is 35.1 Å². The summed E-state index contributed by atoms with van der Waals surface area (Å²) in [6.45, 7) is 5.85. The second-order valence-corrected chi connectivity index (χ2v) is 7.48. The fourth-order valence-corrected chi connectivity index (χ4v) is 3.70. The summed E-state index contributed by atoms with van der Waals surface area (Å²) in [5.74, 6) is -0.376. The average Bonchev–Trinajstić information content (AvgIpc) is 2.65. The number of carbonyl (C=O) groups excluding carboxylic acids is 1. The molecular formula is C22H28FN3O. The van der Waals surface area contributed by atoms with Gasteiger partial charge in [-0.05, 0) is 54.6 Å². The van der Waals surface area contributed by atoms with Crippen molar-refractivity contribution in [3.63, 3.8) is 0 Å². The number of rotatable bonds is 7. The van der Waals surface area contributed by atoms with Crippen LogP contribution in [-0.4, -0.2) is 23.9 Å². The monoisotopic (exact) mass is 369 g/mol. The molecule has 1 amide bonds. The fraction of sp³-hybridized carbons (Fsp3) is 0.409. The van der Waals surface area contributed by atoms with Gasteiger partial charge in [0.1, 0.15) is 5.82 Å². The first-order valence-corrected chi connectivity index (χ1v) is 9.56. The van der Waals surface area contributed by atoms with E-state index in [4.69, 9.17) is 5.73 Å². The zero-order valence-corrected chi connectivity index (χ0v) is 15.9. The van der Waals surface area contributed by atoms with Gasteiger partial charge in [-0.2, -0.15) is 0 Å². The minimum atomic E-state index is -0.186. The van der Waals surface area contributed by atoms with E-state index in [1.54, 1.807) is 6.92 Å². The van der Waals surface area contributed by atoms with Crippen molar-refractivity contribution in [2.24, 2.45) is 11.7 Å². The number of hydrogen-bond donors (Lipinski definition) is 2. The highest BCUT2D eigenvalue weighted by Gasteiger charge is 2.23. The van der Waals surface area contributed by atoms with Crippen LogP contribution in [-0.2, 0) is 24.4 Å². The van der Waals surface area contributed by atoms with Gasteiger partial charge in [0, 0.05) is 26.2 Å². The molecule has 1 fully saturated rings. The molecular weight excluding hydrogens is 341 g/mol. The SMILES string of the molecule is Cc1cc(CNCc2cccc(CN3CCCC(C(N)=O)C3)c2)ccc1F. The quantitative estimate of drug-likeness (QED) is 0.788. The highest BCUT2D eigenvalue weighted by Crippen LogP contribution is 2.19. The average molecular weight is 369 g/mol. The zero-order valence-electron chi connectivity index (χ0n) is 15.9. The molecule has 2 aromatic rings. The number of halogens is 1. The lowest BCUT2D eigenvalue weighted by molar-refractivity contribution is -0.123. The van der Waals surface area contributed by atoms with Gasteiger partial charge < -0.3 is 11.1 Å². The number of likely N-dealkylation sites (tertiary alicyclic amines) is 1. The lowest BCUT2D eigenvalue weighted by Gasteiger charge is -2.31. The van der Waals surface area contributed by atoms with Crippen LogP contribution in [0.2, 0.25) is 0 Å². The molecule has 1 unspecified atom stereocenters. The van der Waals surface area contributed by atoms with Gasteiger partial charge in [-0.25, -0.2) is 4.39 Å². The predicted molar refractivity (Wildman–Crippen MR) is 105 cm³/mol. The van der Waals surface area contributed by atoms with Crippen molar-refractivity contribution in [2.45, 2.75) is 39.4 Å². The maximum Gasteiger partial charge on any atom is 0.221 e. The summed E-state index contributed by atoms with van der Waals surface area (Å²) in [7, 11) is 0. The Hall–Kier alpha value is -2.24. The predicted octanol–water partition coefficient (Wildman–Crippen LogP) is 3.12. The van der Waals surface area contributed by atoms with Gasteiger partial charge in [0.15, 0.2) is 0 Å². The number of benzene rings is 2. The molecule has 3 rings (SSSR count). The molecule has 0 radical (unpaired) electrons. The van der Waals surface area contributed by atoms with Gasteiger partial charge in [-0.3, -0.25) is 9.69 Å². The highest BCUT2D eigenvalue weighted by molar-refractivity contribution is 5.76. The first-order valence-electron chi connectivity index (χ1n) is 9.56. The van der Waals surface area contributed by atoms with Crippen molar-refractivity contribution >= 4 is 5.91 Å². The largest absolute Gasteiger partial charge is 0.369 e. The number of hydrogen-bond acceptors (Lipinski definition) is 3. The molecule has 1 aliphatic heterocycles. The summed E-state index contributed by atoms with van der Waals surface area (Å²) in [6.07, 6.45) is 1.92. The van der Waals surface area contributed by atoms with Crippen LogP contribution in [0.4, 0.5) is 4.39 Å². The summed E-state index contributed by atoms with van der Waals surface area (Å²) in [6, 6.07) is 13.7. The Morgan fingerprint density at radius 3 is 2.67 bits per heavy atom. The molecule has 0 aliphatic carbocycles. The number of nitrogens with zero attached hydrogens (tertiary/aromatic N) is 1. The first kappa shape index (κ1) is 19.5. The van der Waals surface area contributed by atoms with Crippen LogP contribution in [0.5, 0.6) is 0 Å². The molecule has 1 saturated heterocycles. The number of primary amides is 1. The first-order chi connectivity index (χ1) is 13.0. The number of nitrogens with two attached hydrogens (primary N) is 1. The minimum absolute atomic E-state index is 0.0252. The third-order valence-corrected chi connectivity index (χ3v) is 5.19. The second kappa shape index (κ2) is 9.11. The molecule has 5 heteroatoms. The fourth-order valence-electron chi connectivity index (χ4n) is 3.70. The second-order valence-electron chi connectivity index (χ2n) is 7.48. The topological polar surface area (TPSA) is 58.4 Å². The molecule has 0 saturated carbocycles. The van der Waals surface area contributed by atoms with Crippen LogP contribution in [0.3, 0.4) is 0 Å². The molecule has 0 aromatic heterocycles. The van der Waals surface area contributed by atoms with E-state index in [0.717, 1.165) is 44.6 Å². The summed E-state index contributed by atoms with van der Waals surface area (Å²) in [5.41, 5.74) is 9.69. The molecule has 1 aliphatic rings. The van der Waals surface area contributed by atoms with Crippen LogP contribution >= 0.6 is 0 Å². The van der Waals surface area contributed by atoms with Crippen LogP contribution in [0, 0.1) is 18.7 Å². The molecule has 27 heavy (non-hydrogen) atoms. The highest BCUT2D eigenvalue weighted by atomic mass is 19.1. The summed E-state index contributed by atoms with van der Waals surface area (Å²) in [5, 5.41) is 3.42. The van der Waals surface area contributed by atoms with Crippen molar-refractivity contribution in [1.82, 2.24) is 10.2 Å². The van der Waals surface area contributed by atoms with Crippen molar-refractivity contribution in [1.29, 1.82) is 0 Å². The normalized spacial score (nSPS) is 17.8. The number of aryl methyl sites for hydroxylation is 1. The molecule has 0 bridgehead atoms. The maximum atomic E-state index is 13.3. The van der Waals surface area contributed by atoms with E-state index in [9.17, 15) is 9.18 Å². The van der Waals surface area contributed by atoms with E-state index >= 15 is 0 Å². The minimum Gasteiger partial charge on any atom is -0.369 e. The zero-order chi connectivity index (χ0) is 19.2. The van der Waals surface area contributed by atoms with Crippen molar-refractivity contribution in [3.8, 4) is 0 Å². The van der Waals surface area contributed by atoms with E-state index in [1.165, 1.54) is 17.2 Å². The molecule has 4 nitrogen and oxygen atoms in total. The van der Waals surface area contributed by atoms with Gasteiger partial charge in [-0.1, -0.05) is 36.4 Å². The van der Waals surface area contributed by atoms with Gasteiger partial charge in [0.05, 0.1) is 5.92 Å². The van der Waals surface area contributed by atoms with E-state index < -0.39 is 0 Å². The van der Waals surface area contributed by atoms with E-state index in [1.807, 2.05) is 12.1 Å². The molecule has 1 heterocycles. The molecule has 144 valence electrons. The van der Waals surface area contributed by atoms with Crippen molar-refractivity contribution in [3.05, 3.63) is 70.5 Å². The number of amides is 1. The van der Waals surface area contributed by atoms with E-state index in [-0.39, 0.29) is 17.6 Å². The van der Waals surface area contributed by atoms with Crippen LogP contribution < -0.4 is 11.1 Å². The van der Waals surface area contributed by atoms with Crippen molar-refractivity contribution in [2.75, 3.05) is 13.1 Å². The molecule has 0 spiro atoms. The Balaban J connectivity index is 1.52. The van der Waals surface area contributed by atoms with Gasteiger partial charge in [-0.15, -0.1) is 0 Å². The van der Waals surface area contributed by atoms with E-state index in [2.05, 4.69) is 34.5 Å². The number of nitrogens with one attached hydrogen (secondary N) is 1. The van der Waals surface area contributed by atoms with Crippen LogP contribution in [0.15, 0.2) is 42.5 Å². The van der Waals surface area contributed by atoms with Gasteiger partial charge in [0.25, 0.3) is 0 Å². The molecule has 1 atom stereocenters. The summed E-state index contributed by atoms with van der Waals surface area (Å²) >= 11 is 0. The number of carbonyl (C=O) groups is 1. The third-order valence-electron chi connectivity index (χ3n) is 5.19. The Labute approximate surface area is 160 Å². The Bertz CT molecular complexity index is 793. The Kier molecular flexibility index (Phi) is 6.58. The smallest absolute Gasteiger partial charge is 0.221 e. The lowest BCUT2D eigenvalue weighted by Crippen LogP contribution is -2.40. The van der Waals surface area contributed by atoms with Gasteiger partial charge >= 0.3 is 0 Å². The molecule has 2 aromatic carbocycles. The van der Waals surface area contributed by atoms with Gasteiger partial charge in [0.2, 0.25) is 5.91 Å².